The molecule has 2 heterocycles. The number of rotatable bonds is 2. The van der Waals surface area contributed by atoms with Crippen LogP contribution in [0.4, 0.5) is 4.79 Å². The lowest BCUT2D eigenvalue weighted by atomic mass is 10.1. The van der Waals surface area contributed by atoms with E-state index in [0.717, 1.165) is 6.07 Å². The summed E-state index contributed by atoms with van der Waals surface area (Å²) < 4.78 is 1.35. The van der Waals surface area contributed by atoms with Crippen molar-refractivity contribution in [2.24, 2.45) is 0 Å². The van der Waals surface area contributed by atoms with Crippen molar-refractivity contribution in [1.29, 1.82) is 0 Å². The maximum atomic E-state index is 11.6. The van der Waals surface area contributed by atoms with Crippen LogP contribution < -0.4 is 5.56 Å². The van der Waals surface area contributed by atoms with E-state index in [1.165, 1.54) is 21.7 Å². The minimum absolute atomic E-state index is 0.0688. The minimum atomic E-state index is -1.16. The molecular weight excluding hydrogens is 228 g/mol. The zero-order valence-electron chi connectivity index (χ0n) is 8.74. The van der Waals surface area contributed by atoms with E-state index in [4.69, 9.17) is 10.2 Å². The lowest BCUT2D eigenvalue weighted by molar-refractivity contribution is 0.0696. The highest BCUT2D eigenvalue weighted by molar-refractivity contribution is 5.87. The van der Waals surface area contributed by atoms with Crippen LogP contribution in [0, 0.1) is 0 Å². The number of hydrogen-bond acceptors (Lipinski definition) is 3. The molecule has 0 aromatic carbocycles. The molecule has 1 aromatic heterocycles. The summed E-state index contributed by atoms with van der Waals surface area (Å²) in [5.41, 5.74) is -0.499. The van der Waals surface area contributed by atoms with Crippen molar-refractivity contribution in [3.05, 3.63) is 34.2 Å². The first-order chi connectivity index (χ1) is 7.99. The van der Waals surface area contributed by atoms with Crippen LogP contribution >= 0.6 is 0 Å². The standard InChI is InChI=1S/C10H10N2O5/c13-8-3-6(9(14)15)1-2-12(8)7-4-11(5-7)10(16)17/h1-3,7H,4-5H2,(H,14,15)(H,16,17). The number of carboxylic acid groups (broad SMARTS) is 2. The van der Waals surface area contributed by atoms with E-state index in [0.29, 0.717) is 0 Å². The minimum Gasteiger partial charge on any atom is -0.478 e. The van der Waals surface area contributed by atoms with Gasteiger partial charge in [0.15, 0.2) is 0 Å². The fourth-order valence-electron chi connectivity index (χ4n) is 1.71. The molecule has 1 aromatic rings. The van der Waals surface area contributed by atoms with Gasteiger partial charge in [-0.1, -0.05) is 0 Å². The lowest BCUT2D eigenvalue weighted by Crippen LogP contribution is -2.52. The summed E-state index contributed by atoms with van der Waals surface area (Å²) in [6, 6.07) is 2.15. The molecule has 1 aliphatic heterocycles. The summed E-state index contributed by atoms with van der Waals surface area (Å²) in [6.07, 6.45) is 0.367. The Bertz CT molecular complexity index is 530. The highest BCUT2D eigenvalue weighted by Crippen LogP contribution is 2.19. The van der Waals surface area contributed by atoms with Gasteiger partial charge in [0.1, 0.15) is 0 Å². The number of hydrogen-bond donors (Lipinski definition) is 2. The summed E-state index contributed by atoms with van der Waals surface area (Å²) in [6.45, 7) is 0.503. The molecule has 0 atom stereocenters. The Hall–Kier alpha value is -2.31. The van der Waals surface area contributed by atoms with Gasteiger partial charge in [-0.25, -0.2) is 9.59 Å². The fraction of sp³-hybridized carbons (Fsp3) is 0.300. The van der Waals surface area contributed by atoms with Crippen LogP contribution in [0.5, 0.6) is 0 Å². The van der Waals surface area contributed by atoms with Gasteiger partial charge in [-0.05, 0) is 6.07 Å². The molecule has 0 spiro atoms. The van der Waals surface area contributed by atoms with E-state index < -0.39 is 17.6 Å². The van der Waals surface area contributed by atoms with Gasteiger partial charge in [-0.2, -0.15) is 0 Å². The Labute approximate surface area is 95.5 Å². The first kappa shape index (κ1) is 11.2. The summed E-state index contributed by atoms with van der Waals surface area (Å²) in [5, 5.41) is 17.3. The molecule has 1 fully saturated rings. The average Bonchev–Trinajstić information content (AvgIpc) is 2.17. The Morgan fingerprint density at radius 2 is 1.94 bits per heavy atom. The van der Waals surface area contributed by atoms with Crippen molar-refractivity contribution in [2.45, 2.75) is 6.04 Å². The molecule has 0 radical (unpaired) electrons. The second-order valence-corrected chi connectivity index (χ2v) is 3.81. The zero-order valence-corrected chi connectivity index (χ0v) is 8.74. The number of nitrogens with zero attached hydrogens (tertiary/aromatic N) is 2. The predicted molar refractivity (Wildman–Crippen MR) is 56.3 cm³/mol. The third-order valence-corrected chi connectivity index (χ3v) is 2.72. The molecule has 2 rings (SSSR count). The van der Waals surface area contributed by atoms with Crippen LogP contribution in [0.2, 0.25) is 0 Å². The van der Waals surface area contributed by atoms with E-state index in [1.807, 2.05) is 0 Å². The topological polar surface area (TPSA) is 99.8 Å². The van der Waals surface area contributed by atoms with Gasteiger partial charge in [0.2, 0.25) is 0 Å². The van der Waals surface area contributed by atoms with Crippen molar-refractivity contribution in [3.63, 3.8) is 0 Å². The van der Waals surface area contributed by atoms with E-state index >= 15 is 0 Å². The number of pyridine rings is 1. The van der Waals surface area contributed by atoms with Gasteiger partial charge in [0, 0.05) is 25.4 Å². The maximum absolute atomic E-state index is 11.6. The molecule has 1 amide bonds. The molecule has 90 valence electrons. The van der Waals surface area contributed by atoms with E-state index in [9.17, 15) is 14.4 Å². The smallest absolute Gasteiger partial charge is 0.407 e. The third-order valence-electron chi connectivity index (χ3n) is 2.72. The van der Waals surface area contributed by atoms with E-state index in [1.54, 1.807) is 0 Å². The Kier molecular flexibility index (Phi) is 2.58. The van der Waals surface area contributed by atoms with Crippen LogP contribution in [0.3, 0.4) is 0 Å². The van der Waals surface area contributed by atoms with Crippen molar-refractivity contribution >= 4 is 12.1 Å². The highest BCUT2D eigenvalue weighted by atomic mass is 16.4. The molecule has 0 bridgehead atoms. The largest absolute Gasteiger partial charge is 0.478 e. The number of carbonyl (C=O) groups is 2. The summed E-state index contributed by atoms with van der Waals surface area (Å²) in [5.74, 6) is -1.16. The van der Waals surface area contributed by atoms with Gasteiger partial charge >= 0.3 is 12.1 Å². The molecule has 17 heavy (non-hydrogen) atoms. The SMILES string of the molecule is O=C(O)c1ccn(C2CN(C(=O)O)C2)c(=O)c1. The Morgan fingerprint density at radius 3 is 2.41 bits per heavy atom. The molecular formula is C10H10N2O5. The van der Waals surface area contributed by atoms with Gasteiger partial charge < -0.3 is 19.7 Å². The second-order valence-electron chi connectivity index (χ2n) is 3.81. The number of aromatic nitrogens is 1. The summed E-state index contributed by atoms with van der Waals surface area (Å²) >= 11 is 0. The van der Waals surface area contributed by atoms with Crippen molar-refractivity contribution in [3.8, 4) is 0 Å². The third kappa shape index (κ3) is 1.99. The van der Waals surface area contributed by atoms with Crippen LogP contribution in [-0.2, 0) is 0 Å². The van der Waals surface area contributed by atoms with E-state index in [2.05, 4.69) is 0 Å². The lowest BCUT2D eigenvalue weighted by Gasteiger charge is -2.37. The molecule has 1 aliphatic rings. The van der Waals surface area contributed by atoms with Crippen molar-refractivity contribution in [1.82, 2.24) is 9.47 Å². The molecule has 1 saturated heterocycles. The quantitative estimate of drug-likeness (QED) is 0.760. The van der Waals surface area contributed by atoms with Gasteiger partial charge in [-0.3, -0.25) is 4.79 Å². The van der Waals surface area contributed by atoms with Crippen molar-refractivity contribution < 1.29 is 19.8 Å². The second kappa shape index (κ2) is 3.93. The summed E-state index contributed by atoms with van der Waals surface area (Å²) in [4.78, 5) is 33.9. The molecule has 0 saturated carbocycles. The number of likely N-dealkylation sites (tertiary alicyclic amines) is 1. The number of amides is 1. The van der Waals surface area contributed by atoms with Gasteiger partial charge in [-0.15, -0.1) is 0 Å². The molecule has 0 unspecified atom stereocenters. The van der Waals surface area contributed by atoms with Crippen molar-refractivity contribution in [2.75, 3.05) is 13.1 Å². The average molecular weight is 238 g/mol. The normalized spacial score (nSPS) is 15.4. The number of carboxylic acids is 1. The fourth-order valence-corrected chi connectivity index (χ4v) is 1.71. The molecule has 0 aliphatic carbocycles. The van der Waals surface area contributed by atoms with E-state index in [-0.39, 0.29) is 24.7 Å². The predicted octanol–water partition coefficient (Wildman–Crippen LogP) is 0.0812. The Balaban J connectivity index is 2.17. The first-order valence-corrected chi connectivity index (χ1v) is 4.92. The van der Waals surface area contributed by atoms with Gasteiger partial charge in [0.25, 0.3) is 5.56 Å². The number of aromatic carboxylic acids is 1. The highest BCUT2D eigenvalue weighted by Gasteiger charge is 2.32. The van der Waals surface area contributed by atoms with Crippen LogP contribution in [-0.4, -0.2) is 44.8 Å². The van der Waals surface area contributed by atoms with Crippen LogP contribution in [0.1, 0.15) is 16.4 Å². The molecule has 7 heteroatoms. The van der Waals surface area contributed by atoms with Crippen LogP contribution in [0.25, 0.3) is 0 Å². The monoisotopic (exact) mass is 238 g/mol. The summed E-state index contributed by atoms with van der Waals surface area (Å²) in [7, 11) is 0. The van der Waals surface area contributed by atoms with Gasteiger partial charge in [0.05, 0.1) is 11.6 Å². The maximum Gasteiger partial charge on any atom is 0.407 e. The first-order valence-electron chi connectivity index (χ1n) is 4.92. The Morgan fingerprint density at radius 1 is 1.29 bits per heavy atom. The van der Waals surface area contributed by atoms with Crippen LogP contribution in [0.15, 0.2) is 23.1 Å². The molecule has 2 N–H and O–H groups in total. The molecule has 7 nitrogen and oxygen atoms in total. The zero-order chi connectivity index (χ0) is 12.6.